The number of hydrogen-bond acceptors (Lipinski definition) is 2. The van der Waals surface area contributed by atoms with Gasteiger partial charge in [-0.05, 0) is 6.42 Å². The van der Waals surface area contributed by atoms with Gasteiger partial charge in [0.1, 0.15) is 6.73 Å². The van der Waals surface area contributed by atoms with E-state index >= 15 is 0 Å². The predicted octanol–water partition coefficient (Wildman–Crippen LogP) is 1.48. The molecule has 72 valence electrons. The molecule has 0 saturated heterocycles. The molecule has 0 aromatic heterocycles. The van der Waals surface area contributed by atoms with Crippen molar-refractivity contribution in [2.75, 3.05) is 20.9 Å². The molecule has 3 heteroatoms. The van der Waals surface area contributed by atoms with Gasteiger partial charge in [-0.15, -0.1) is 0 Å². The number of amides is 1. The van der Waals surface area contributed by atoms with Gasteiger partial charge < -0.3 is 9.64 Å². The molecule has 0 spiro atoms. The minimum absolute atomic E-state index is 0.131. The highest BCUT2D eigenvalue weighted by Gasteiger charge is 2.27. The van der Waals surface area contributed by atoms with Gasteiger partial charge in [0.05, 0.1) is 0 Å². The van der Waals surface area contributed by atoms with Crippen LogP contribution >= 0.6 is 0 Å². The normalized spacial score (nSPS) is 11.4. The molecule has 0 fully saturated rings. The highest BCUT2D eigenvalue weighted by Crippen LogP contribution is 2.21. The number of ether oxygens (including phenoxy) is 1. The molecule has 0 atom stereocenters. The van der Waals surface area contributed by atoms with E-state index in [1.807, 2.05) is 20.8 Å². The van der Waals surface area contributed by atoms with Crippen LogP contribution in [0.25, 0.3) is 0 Å². The first-order chi connectivity index (χ1) is 5.45. The minimum Gasteiger partial charge on any atom is -0.364 e. The number of carbonyl (C=O) groups excluding carboxylic acids is 1. The highest BCUT2D eigenvalue weighted by molar-refractivity contribution is 5.81. The van der Waals surface area contributed by atoms with E-state index in [1.165, 1.54) is 0 Å². The summed E-state index contributed by atoms with van der Waals surface area (Å²) >= 11 is 0. The molecule has 1 amide bonds. The lowest BCUT2D eigenvalue weighted by atomic mass is 9.89. The van der Waals surface area contributed by atoms with Gasteiger partial charge in [0, 0.05) is 19.6 Å². The Hall–Kier alpha value is -0.570. The summed E-state index contributed by atoms with van der Waals surface area (Å²) in [6.45, 7) is 6.27. The van der Waals surface area contributed by atoms with E-state index in [0.29, 0.717) is 6.73 Å². The second-order valence-corrected chi connectivity index (χ2v) is 3.66. The van der Waals surface area contributed by atoms with E-state index in [2.05, 4.69) is 0 Å². The second-order valence-electron chi connectivity index (χ2n) is 3.66. The zero-order valence-corrected chi connectivity index (χ0v) is 8.68. The summed E-state index contributed by atoms with van der Waals surface area (Å²) in [6.07, 6.45) is 0.847. The number of rotatable bonds is 4. The van der Waals surface area contributed by atoms with Crippen molar-refractivity contribution in [1.82, 2.24) is 4.90 Å². The van der Waals surface area contributed by atoms with Gasteiger partial charge in [0.15, 0.2) is 0 Å². The van der Waals surface area contributed by atoms with Crippen LogP contribution < -0.4 is 0 Å². The molecule has 0 aliphatic heterocycles. The van der Waals surface area contributed by atoms with E-state index in [9.17, 15) is 4.79 Å². The van der Waals surface area contributed by atoms with Crippen molar-refractivity contribution in [2.45, 2.75) is 27.2 Å². The van der Waals surface area contributed by atoms with Crippen LogP contribution in [0, 0.1) is 5.41 Å². The van der Waals surface area contributed by atoms with Crippen molar-refractivity contribution in [3.8, 4) is 0 Å². The average molecular weight is 173 g/mol. The fourth-order valence-electron chi connectivity index (χ4n) is 0.920. The van der Waals surface area contributed by atoms with E-state index in [1.54, 1.807) is 19.1 Å². The Labute approximate surface area is 74.7 Å². The highest BCUT2D eigenvalue weighted by atomic mass is 16.5. The van der Waals surface area contributed by atoms with Gasteiger partial charge in [0.2, 0.25) is 5.91 Å². The van der Waals surface area contributed by atoms with Crippen LogP contribution in [0.4, 0.5) is 0 Å². The Morgan fingerprint density at radius 1 is 1.50 bits per heavy atom. The van der Waals surface area contributed by atoms with Crippen LogP contribution in [0.2, 0.25) is 0 Å². The maximum atomic E-state index is 11.6. The standard InChI is InChI=1S/C9H19NO2/c1-6-9(2,3)8(11)10(4)7-12-5/h6-7H2,1-5H3. The summed E-state index contributed by atoms with van der Waals surface area (Å²) in [5.41, 5.74) is -0.271. The number of hydrogen-bond donors (Lipinski definition) is 0. The van der Waals surface area contributed by atoms with Gasteiger partial charge in [-0.2, -0.15) is 0 Å². The van der Waals surface area contributed by atoms with E-state index in [4.69, 9.17) is 4.74 Å². The first-order valence-electron chi connectivity index (χ1n) is 4.20. The summed E-state index contributed by atoms with van der Waals surface area (Å²) in [7, 11) is 3.34. The van der Waals surface area contributed by atoms with Gasteiger partial charge in [-0.1, -0.05) is 20.8 Å². The molecule has 12 heavy (non-hydrogen) atoms. The lowest BCUT2D eigenvalue weighted by molar-refractivity contribution is -0.143. The van der Waals surface area contributed by atoms with Crippen molar-refractivity contribution < 1.29 is 9.53 Å². The third kappa shape index (κ3) is 2.81. The molecule has 0 radical (unpaired) electrons. The third-order valence-electron chi connectivity index (χ3n) is 2.13. The second kappa shape index (κ2) is 4.45. The summed E-state index contributed by atoms with van der Waals surface area (Å²) < 4.78 is 4.87. The summed E-state index contributed by atoms with van der Waals surface area (Å²) in [6, 6.07) is 0. The third-order valence-corrected chi connectivity index (χ3v) is 2.13. The van der Waals surface area contributed by atoms with Crippen LogP contribution in [0.5, 0.6) is 0 Å². The predicted molar refractivity (Wildman–Crippen MR) is 48.7 cm³/mol. The monoisotopic (exact) mass is 173 g/mol. The molecular formula is C9H19NO2. The van der Waals surface area contributed by atoms with Crippen molar-refractivity contribution in [1.29, 1.82) is 0 Å². The molecule has 0 unspecified atom stereocenters. The van der Waals surface area contributed by atoms with Crippen LogP contribution in [0.15, 0.2) is 0 Å². The first kappa shape index (κ1) is 11.4. The number of nitrogens with zero attached hydrogens (tertiary/aromatic N) is 1. The minimum atomic E-state index is -0.271. The summed E-state index contributed by atoms with van der Waals surface area (Å²) in [5, 5.41) is 0. The van der Waals surface area contributed by atoms with Crippen LogP contribution in [-0.2, 0) is 9.53 Å². The van der Waals surface area contributed by atoms with Crippen molar-refractivity contribution in [2.24, 2.45) is 5.41 Å². The Kier molecular flexibility index (Phi) is 4.24. The zero-order chi connectivity index (χ0) is 9.78. The van der Waals surface area contributed by atoms with Crippen molar-refractivity contribution in [3.63, 3.8) is 0 Å². The molecule has 0 aliphatic carbocycles. The fraction of sp³-hybridized carbons (Fsp3) is 0.889. The SMILES string of the molecule is CCC(C)(C)C(=O)N(C)COC. The molecule has 0 aliphatic rings. The maximum absolute atomic E-state index is 11.6. The molecule has 0 heterocycles. The maximum Gasteiger partial charge on any atom is 0.229 e. The van der Waals surface area contributed by atoms with E-state index in [0.717, 1.165) is 6.42 Å². The molecule has 0 rings (SSSR count). The topological polar surface area (TPSA) is 29.5 Å². The Bertz CT molecular complexity index is 155. The molecule has 0 aromatic carbocycles. The van der Waals surface area contributed by atoms with Gasteiger partial charge in [0.25, 0.3) is 0 Å². The van der Waals surface area contributed by atoms with Crippen molar-refractivity contribution in [3.05, 3.63) is 0 Å². The van der Waals surface area contributed by atoms with Crippen LogP contribution in [0.3, 0.4) is 0 Å². The Morgan fingerprint density at radius 2 is 2.00 bits per heavy atom. The molecule has 0 saturated carbocycles. The molecule has 3 nitrogen and oxygen atoms in total. The van der Waals surface area contributed by atoms with Crippen molar-refractivity contribution >= 4 is 5.91 Å². The largest absolute Gasteiger partial charge is 0.364 e. The first-order valence-corrected chi connectivity index (χ1v) is 4.20. The molecule has 0 aromatic rings. The van der Waals surface area contributed by atoms with E-state index < -0.39 is 0 Å². The molecule has 0 N–H and O–H groups in total. The lowest BCUT2D eigenvalue weighted by Crippen LogP contribution is -2.39. The average Bonchev–Trinajstić information content (AvgIpc) is 2.03. The van der Waals surface area contributed by atoms with Crippen LogP contribution in [-0.4, -0.2) is 31.7 Å². The quantitative estimate of drug-likeness (QED) is 0.603. The molecule has 0 bridgehead atoms. The lowest BCUT2D eigenvalue weighted by Gasteiger charge is -2.27. The van der Waals surface area contributed by atoms with Gasteiger partial charge >= 0.3 is 0 Å². The number of carbonyl (C=O) groups is 1. The zero-order valence-electron chi connectivity index (χ0n) is 8.68. The Morgan fingerprint density at radius 3 is 2.33 bits per heavy atom. The number of methoxy groups -OCH3 is 1. The van der Waals surface area contributed by atoms with Gasteiger partial charge in [-0.25, -0.2) is 0 Å². The smallest absolute Gasteiger partial charge is 0.229 e. The van der Waals surface area contributed by atoms with Gasteiger partial charge in [-0.3, -0.25) is 4.79 Å². The summed E-state index contributed by atoms with van der Waals surface area (Å²) in [5.74, 6) is 0.131. The fourth-order valence-corrected chi connectivity index (χ4v) is 0.920. The Balaban J connectivity index is 4.18. The molecular weight excluding hydrogens is 154 g/mol. The van der Waals surface area contributed by atoms with E-state index in [-0.39, 0.29) is 11.3 Å². The summed E-state index contributed by atoms with van der Waals surface area (Å²) in [4.78, 5) is 13.2. The van der Waals surface area contributed by atoms with Crippen LogP contribution in [0.1, 0.15) is 27.2 Å².